The predicted octanol–water partition coefficient (Wildman–Crippen LogP) is 8.13. The zero-order valence-corrected chi connectivity index (χ0v) is 24.7. The molecule has 3 heteroatoms. The van der Waals surface area contributed by atoms with Gasteiger partial charge in [0.1, 0.15) is 0 Å². The first-order chi connectivity index (χ1) is 17.9. The number of aliphatic hydroxyl groups is 1. The second-order valence-corrected chi connectivity index (χ2v) is 11.8. The molecule has 0 radical (unpaired) electrons. The average Bonchev–Trinajstić information content (AvgIpc) is 2.88. The Morgan fingerprint density at radius 3 is 2.08 bits per heavy atom. The molecule has 0 spiro atoms. The fourth-order valence-electron chi connectivity index (χ4n) is 5.61. The number of hydrogen-bond donors (Lipinski definition) is 1. The summed E-state index contributed by atoms with van der Waals surface area (Å²) >= 11 is 0. The summed E-state index contributed by atoms with van der Waals surface area (Å²) in [5.74, 6) is -0.225. The van der Waals surface area contributed by atoms with E-state index in [0.29, 0.717) is 0 Å². The predicted molar refractivity (Wildman–Crippen MR) is 159 cm³/mol. The highest BCUT2D eigenvalue weighted by atomic mass is 16.5. The Balaban J connectivity index is 1.92. The zero-order valence-electron chi connectivity index (χ0n) is 24.7. The second kappa shape index (κ2) is 12.3. The van der Waals surface area contributed by atoms with Crippen molar-refractivity contribution in [2.24, 2.45) is 5.41 Å². The smallest absolute Gasteiger partial charge is 0.309 e. The Labute approximate surface area is 230 Å². The van der Waals surface area contributed by atoms with E-state index in [9.17, 15) is 9.90 Å². The van der Waals surface area contributed by atoms with Crippen molar-refractivity contribution in [2.75, 3.05) is 7.11 Å². The van der Waals surface area contributed by atoms with Crippen LogP contribution in [0.2, 0.25) is 0 Å². The van der Waals surface area contributed by atoms with Crippen molar-refractivity contribution in [3.8, 4) is 11.1 Å². The first-order valence-corrected chi connectivity index (χ1v) is 14.0. The van der Waals surface area contributed by atoms with Crippen LogP contribution in [0.25, 0.3) is 11.1 Å². The third-order valence-electron chi connectivity index (χ3n) is 8.38. The van der Waals surface area contributed by atoms with E-state index in [1.54, 1.807) is 0 Å². The molecule has 0 heterocycles. The summed E-state index contributed by atoms with van der Waals surface area (Å²) in [5.41, 5.74) is 9.63. The number of aryl methyl sites for hydroxylation is 3. The molecule has 1 N–H and O–H groups in total. The van der Waals surface area contributed by atoms with Crippen molar-refractivity contribution in [2.45, 2.75) is 92.1 Å². The summed E-state index contributed by atoms with van der Waals surface area (Å²) < 4.78 is 4.85. The van der Waals surface area contributed by atoms with E-state index < -0.39 is 0 Å². The molecule has 1 atom stereocenters. The zero-order chi connectivity index (χ0) is 28.1. The maximum absolute atomic E-state index is 11.8. The Morgan fingerprint density at radius 2 is 1.53 bits per heavy atom. The molecule has 38 heavy (non-hydrogen) atoms. The monoisotopic (exact) mass is 514 g/mol. The van der Waals surface area contributed by atoms with Gasteiger partial charge in [0, 0.05) is 5.41 Å². The molecule has 0 bridgehead atoms. The number of rotatable bonds is 10. The molecule has 3 aromatic carbocycles. The molecule has 0 aromatic heterocycles. The first-order valence-electron chi connectivity index (χ1n) is 14.0. The van der Waals surface area contributed by atoms with Gasteiger partial charge in [-0.2, -0.15) is 0 Å². The molecule has 0 aliphatic heterocycles. The van der Waals surface area contributed by atoms with Gasteiger partial charge in [-0.1, -0.05) is 95.3 Å². The van der Waals surface area contributed by atoms with Gasteiger partial charge in [0.2, 0.25) is 0 Å². The van der Waals surface area contributed by atoms with Gasteiger partial charge in [-0.3, -0.25) is 4.79 Å². The maximum Gasteiger partial charge on any atom is 0.309 e. The molecule has 0 saturated carbocycles. The van der Waals surface area contributed by atoms with Crippen molar-refractivity contribution in [1.29, 1.82) is 0 Å². The summed E-state index contributed by atoms with van der Waals surface area (Å²) in [6.07, 6.45) is 3.66. The largest absolute Gasteiger partial charge is 0.469 e. The van der Waals surface area contributed by atoms with E-state index in [0.717, 1.165) is 36.8 Å². The van der Waals surface area contributed by atoms with Gasteiger partial charge >= 0.3 is 5.97 Å². The summed E-state index contributed by atoms with van der Waals surface area (Å²) in [7, 11) is 1.43. The number of esters is 1. The van der Waals surface area contributed by atoms with Gasteiger partial charge in [0.05, 0.1) is 19.6 Å². The normalized spacial score (nSPS) is 12.9. The van der Waals surface area contributed by atoms with Gasteiger partial charge in [-0.05, 0) is 89.5 Å². The topological polar surface area (TPSA) is 46.5 Å². The van der Waals surface area contributed by atoms with Crippen LogP contribution >= 0.6 is 0 Å². The minimum absolute atomic E-state index is 0.0652. The molecule has 3 rings (SSSR count). The van der Waals surface area contributed by atoms with Gasteiger partial charge in [0.15, 0.2) is 0 Å². The van der Waals surface area contributed by atoms with Crippen LogP contribution in [0.5, 0.6) is 0 Å². The van der Waals surface area contributed by atoms with Crippen molar-refractivity contribution >= 4 is 5.97 Å². The van der Waals surface area contributed by atoms with E-state index in [4.69, 9.17) is 4.74 Å². The lowest BCUT2D eigenvalue weighted by molar-refractivity contribution is -0.139. The highest BCUT2D eigenvalue weighted by molar-refractivity contribution is 5.74. The van der Waals surface area contributed by atoms with Crippen LogP contribution in [-0.4, -0.2) is 24.3 Å². The lowest BCUT2D eigenvalue weighted by Gasteiger charge is -2.34. The highest BCUT2D eigenvalue weighted by Gasteiger charge is 2.31. The van der Waals surface area contributed by atoms with Gasteiger partial charge in [0.25, 0.3) is 0 Å². The lowest BCUT2D eigenvalue weighted by Crippen LogP contribution is -2.27. The van der Waals surface area contributed by atoms with Gasteiger partial charge in [-0.25, -0.2) is 0 Å². The van der Waals surface area contributed by atoms with E-state index in [1.807, 2.05) is 12.1 Å². The molecule has 3 aromatic rings. The average molecular weight is 515 g/mol. The van der Waals surface area contributed by atoms with Crippen LogP contribution in [0.4, 0.5) is 0 Å². The van der Waals surface area contributed by atoms with Gasteiger partial charge < -0.3 is 9.84 Å². The van der Waals surface area contributed by atoms with Crippen molar-refractivity contribution in [1.82, 2.24) is 0 Å². The molecule has 0 amide bonds. The molecule has 1 unspecified atom stereocenters. The summed E-state index contributed by atoms with van der Waals surface area (Å²) in [4.78, 5) is 11.8. The van der Waals surface area contributed by atoms with E-state index in [2.05, 4.69) is 97.0 Å². The molecular weight excluding hydrogens is 468 g/mol. The van der Waals surface area contributed by atoms with E-state index in [-0.39, 0.29) is 29.3 Å². The Kier molecular flexibility index (Phi) is 9.59. The molecule has 0 aliphatic carbocycles. The first kappa shape index (κ1) is 29.6. The quantitative estimate of drug-likeness (QED) is 0.278. The number of carbonyl (C=O) groups is 1. The number of methoxy groups -OCH3 is 1. The second-order valence-electron chi connectivity index (χ2n) is 11.8. The number of aliphatic hydroxyl groups excluding tert-OH is 1. The maximum atomic E-state index is 11.8. The Morgan fingerprint density at radius 1 is 0.895 bits per heavy atom. The SMILES string of the molecule is CCC(CC)(c1ccc(CCC(O)C(C)(C)C)c(C)c1)c1ccc(-c2cccc(CC(=O)OC)c2)c(C)c1. The number of hydrogen-bond acceptors (Lipinski definition) is 3. The summed E-state index contributed by atoms with van der Waals surface area (Å²) in [6.45, 7) is 15.2. The van der Waals surface area contributed by atoms with Gasteiger partial charge in [-0.15, -0.1) is 0 Å². The Bertz CT molecular complexity index is 1240. The van der Waals surface area contributed by atoms with E-state index >= 15 is 0 Å². The number of ether oxygens (including phenoxy) is 1. The van der Waals surface area contributed by atoms with Crippen LogP contribution in [0.15, 0.2) is 60.7 Å². The standard InChI is InChI=1S/C35H46O3/c1-9-35(10-2,29-16-14-27(24(3)20-29)15-19-32(36)34(5,6)7)30-17-18-31(25(4)21-30)28-13-11-12-26(22-28)23-33(37)38-8/h11-14,16-18,20-22,32,36H,9-10,15,19,23H2,1-8H3. The van der Waals surface area contributed by atoms with Crippen LogP contribution in [-0.2, 0) is 27.8 Å². The van der Waals surface area contributed by atoms with Crippen LogP contribution < -0.4 is 0 Å². The number of carbonyl (C=O) groups excluding carboxylic acids is 1. The lowest BCUT2D eigenvalue weighted by atomic mass is 9.69. The van der Waals surface area contributed by atoms with Crippen LogP contribution in [0.3, 0.4) is 0 Å². The fraction of sp³-hybridized carbons (Fsp3) is 0.457. The van der Waals surface area contributed by atoms with Crippen molar-refractivity contribution < 1.29 is 14.6 Å². The molecular formula is C35H46O3. The minimum atomic E-state index is -0.311. The minimum Gasteiger partial charge on any atom is -0.469 e. The molecule has 0 aliphatic rings. The van der Waals surface area contributed by atoms with Crippen LogP contribution in [0, 0.1) is 19.3 Å². The molecule has 0 fully saturated rings. The highest BCUT2D eigenvalue weighted by Crippen LogP contribution is 2.41. The molecule has 0 saturated heterocycles. The Hall–Kier alpha value is -2.91. The third-order valence-corrected chi connectivity index (χ3v) is 8.38. The fourth-order valence-corrected chi connectivity index (χ4v) is 5.61. The summed E-state index contributed by atoms with van der Waals surface area (Å²) in [6, 6.07) is 22.0. The van der Waals surface area contributed by atoms with Crippen molar-refractivity contribution in [3.05, 3.63) is 94.0 Å². The summed E-state index contributed by atoms with van der Waals surface area (Å²) in [5, 5.41) is 10.5. The molecule has 204 valence electrons. The number of benzene rings is 3. The van der Waals surface area contributed by atoms with E-state index in [1.165, 1.54) is 40.5 Å². The van der Waals surface area contributed by atoms with Crippen molar-refractivity contribution in [3.63, 3.8) is 0 Å². The van der Waals surface area contributed by atoms with Crippen LogP contribution in [0.1, 0.15) is 87.3 Å². The third kappa shape index (κ3) is 6.56. The molecule has 3 nitrogen and oxygen atoms in total.